The average Bonchev–Trinajstić information content (AvgIpc) is 2.95. The van der Waals surface area contributed by atoms with Gasteiger partial charge in [-0.05, 0) is 48.2 Å². The van der Waals surface area contributed by atoms with Gasteiger partial charge in [-0.25, -0.2) is 0 Å². The van der Waals surface area contributed by atoms with E-state index in [2.05, 4.69) is 94.7 Å². The number of nitrogens with zero attached hydrogens (tertiary/aromatic N) is 4. The molecule has 0 bridgehead atoms. The van der Waals surface area contributed by atoms with Crippen molar-refractivity contribution in [1.82, 2.24) is 19.8 Å². The zero-order valence-electron chi connectivity index (χ0n) is 21.0. The first kappa shape index (κ1) is 24.4. The van der Waals surface area contributed by atoms with Crippen molar-refractivity contribution in [1.29, 1.82) is 0 Å². The summed E-state index contributed by atoms with van der Waals surface area (Å²) < 4.78 is 0. The highest BCUT2D eigenvalue weighted by atomic mass is 15.3. The van der Waals surface area contributed by atoms with Crippen LogP contribution in [0.25, 0.3) is 0 Å². The van der Waals surface area contributed by atoms with E-state index < -0.39 is 0 Å². The second-order valence-corrected chi connectivity index (χ2v) is 9.84. The smallest absolute Gasteiger partial charge is 0.0544 e. The van der Waals surface area contributed by atoms with Crippen LogP contribution in [0.2, 0.25) is 0 Å². The van der Waals surface area contributed by atoms with Crippen molar-refractivity contribution in [3.8, 4) is 0 Å². The third-order valence-corrected chi connectivity index (χ3v) is 7.27. The molecular formula is C32H36N4. The Balaban J connectivity index is 1.45. The first-order valence-corrected chi connectivity index (χ1v) is 13.2. The predicted octanol–water partition coefficient (Wildman–Crippen LogP) is 6.49. The Kier molecular flexibility index (Phi) is 8.50. The van der Waals surface area contributed by atoms with Gasteiger partial charge < -0.3 is 0 Å². The van der Waals surface area contributed by atoms with E-state index in [0.717, 1.165) is 37.6 Å². The van der Waals surface area contributed by atoms with E-state index in [1.807, 2.05) is 24.5 Å². The summed E-state index contributed by atoms with van der Waals surface area (Å²) in [6.45, 7) is 3.59. The van der Waals surface area contributed by atoms with Crippen LogP contribution >= 0.6 is 0 Å². The lowest BCUT2D eigenvalue weighted by Crippen LogP contribution is -2.52. The summed E-state index contributed by atoms with van der Waals surface area (Å²) in [5.41, 5.74) is 4.99. The molecule has 0 unspecified atom stereocenters. The molecule has 0 amide bonds. The Labute approximate surface area is 215 Å². The Hall–Kier alpha value is -3.34. The molecule has 1 saturated carbocycles. The largest absolute Gasteiger partial charge is 0.289 e. The highest BCUT2D eigenvalue weighted by Crippen LogP contribution is 2.31. The quantitative estimate of drug-likeness (QED) is 0.262. The Morgan fingerprint density at radius 2 is 0.917 bits per heavy atom. The molecule has 2 heterocycles. The van der Waals surface area contributed by atoms with E-state index >= 15 is 0 Å². The molecule has 1 aliphatic rings. The van der Waals surface area contributed by atoms with Gasteiger partial charge >= 0.3 is 0 Å². The number of benzene rings is 2. The molecule has 4 nitrogen and oxygen atoms in total. The Morgan fingerprint density at radius 3 is 1.31 bits per heavy atom. The van der Waals surface area contributed by atoms with Crippen LogP contribution in [0.4, 0.5) is 0 Å². The van der Waals surface area contributed by atoms with Gasteiger partial charge in [-0.2, -0.15) is 0 Å². The molecule has 0 radical (unpaired) electrons. The fourth-order valence-corrected chi connectivity index (χ4v) is 5.56. The summed E-state index contributed by atoms with van der Waals surface area (Å²) in [6, 6.07) is 35.2. The molecule has 2 atom stereocenters. The fourth-order valence-electron chi connectivity index (χ4n) is 5.56. The van der Waals surface area contributed by atoms with Crippen molar-refractivity contribution < 1.29 is 0 Å². The molecule has 0 N–H and O–H groups in total. The molecule has 184 valence electrons. The summed E-state index contributed by atoms with van der Waals surface area (Å²) in [4.78, 5) is 14.7. The normalized spacial score (nSPS) is 17.9. The summed E-state index contributed by atoms with van der Waals surface area (Å²) in [5, 5.41) is 0. The van der Waals surface area contributed by atoms with Gasteiger partial charge in [0.2, 0.25) is 0 Å². The fraction of sp³-hybridized carbons (Fsp3) is 0.312. The van der Waals surface area contributed by atoms with Crippen molar-refractivity contribution in [2.45, 2.75) is 63.9 Å². The maximum absolute atomic E-state index is 4.70. The van der Waals surface area contributed by atoms with Gasteiger partial charge in [-0.1, -0.05) is 85.6 Å². The second-order valence-electron chi connectivity index (χ2n) is 9.84. The molecule has 2 aromatic carbocycles. The topological polar surface area (TPSA) is 32.3 Å². The molecule has 1 aliphatic carbocycles. The number of rotatable bonds is 10. The van der Waals surface area contributed by atoms with Crippen molar-refractivity contribution in [3.05, 3.63) is 132 Å². The third-order valence-electron chi connectivity index (χ3n) is 7.27. The van der Waals surface area contributed by atoms with Crippen LogP contribution < -0.4 is 0 Å². The maximum atomic E-state index is 4.70. The average molecular weight is 477 g/mol. The molecule has 5 rings (SSSR count). The maximum Gasteiger partial charge on any atom is 0.0544 e. The molecule has 36 heavy (non-hydrogen) atoms. The van der Waals surface area contributed by atoms with E-state index in [0.29, 0.717) is 12.1 Å². The lowest BCUT2D eigenvalue weighted by atomic mass is 9.87. The van der Waals surface area contributed by atoms with Crippen LogP contribution in [0, 0.1) is 0 Å². The Morgan fingerprint density at radius 1 is 0.500 bits per heavy atom. The molecule has 0 spiro atoms. The van der Waals surface area contributed by atoms with Crippen molar-refractivity contribution in [3.63, 3.8) is 0 Å². The summed E-state index contributed by atoms with van der Waals surface area (Å²) in [5.74, 6) is 0. The van der Waals surface area contributed by atoms with Crippen molar-refractivity contribution in [2.75, 3.05) is 0 Å². The van der Waals surface area contributed by atoms with Crippen LogP contribution in [0.15, 0.2) is 109 Å². The van der Waals surface area contributed by atoms with Crippen LogP contribution in [0.1, 0.15) is 48.2 Å². The van der Waals surface area contributed by atoms with Gasteiger partial charge in [0.25, 0.3) is 0 Å². The molecule has 4 aromatic rings. The first-order valence-electron chi connectivity index (χ1n) is 13.2. The van der Waals surface area contributed by atoms with Gasteiger partial charge in [0.15, 0.2) is 0 Å². The highest BCUT2D eigenvalue weighted by Gasteiger charge is 2.34. The summed E-state index contributed by atoms with van der Waals surface area (Å²) in [7, 11) is 0. The number of hydrogen-bond acceptors (Lipinski definition) is 4. The van der Waals surface area contributed by atoms with E-state index in [4.69, 9.17) is 9.97 Å². The van der Waals surface area contributed by atoms with E-state index in [-0.39, 0.29) is 0 Å². The second kappa shape index (κ2) is 12.6. The molecule has 0 aliphatic heterocycles. The van der Waals surface area contributed by atoms with E-state index in [1.165, 1.54) is 36.8 Å². The van der Waals surface area contributed by atoms with E-state index in [1.54, 1.807) is 0 Å². The minimum Gasteiger partial charge on any atom is -0.289 e. The van der Waals surface area contributed by atoms with Crippen molar-refractivity contribution >= 4 is 0 Å². The molecule has 1 fully saturated rings. The SMILES string of the molecule is c1ccc(CN(Cc2ccccn2)[C@H]2CCCC[C@@H]2N(Cc2ccccc2)Cc2ccccn2)cc1. The number of hydrogen-bond donors (Lipinski definition) is 0. The van der Waals surface area contributed by atoms with Gasteiger partial charge in [-0.15, -0.1) is 0 Å². The molecule has 2 aromatic heterocycles. The lowest BCUT2D eigenvalue weighted by Gasteiger charge is -2.45. The summed E-state index contributed by atoms with van der Waals surface area (Å²) in [6.07, 6.45) is 8.79. The van der Waals surface area contributed by atoms with Crippen LogP contribution in [-0.2, 0) is 26.2 Å². The molecule has 4 heteroatoms. The zero-order valence-corrected chi connectivity index (χ0v) is 21.0. The standard InChI is InChI=1S/C32H36N4/c1-3-13-27(14-4-1)23-35(25-29-17-9-11-21-33-29)31-19-7-8-20-32(31)36(24-28-15-5-2-6-16-28)26-30-18-10-12-22-34-30/h1-6,9-18,21-22,31-32H,7-8,19-20,23-26H2/t31-,32-/m0/s1. The predicted molar refractivity (Wildman–Crippen MR) is 146 cm³/mol. The third kappa shape index (κ3) is 6.66. The lowest BCUT2D eigenvalue weighted by molar-refractivity contribution is 0.0284. The minimum atomic E-state index is 0.452. The van der Waals surface area contributed by atoms with Gasteiger partial charge in [-0.3, -0.25) is 19.8 Å². The van der Waals surface area contributed by atoms with Crippen LogP contribution in [0.5, 0.6) is 0 Å². The highest BCUT2D eigenvalue weighted by molar-refractivity contribution is 5.17. The number of aromatic nitrogens is 2. The van der Waals surface area contributed by atoms with Crippen LogP contribution in [0.3, 0.4) is 0 Å². The monoisotopic (exact) mass is 476 g/mol. The van der Waals surface area contributed by atoms with Crippen LogP contribution in [-0.4, -0.2) is 31.9 Å². The van der Waals surface area contributed by atoms with Crippen molar-refractivity contribution in [2.24, 2.45) is 0 Å². The van der Waals surface area contributed by atoms with Gasteiger partial charge in [0.1, 0.15) is 0 Å². The zero-order chi connectivity index (χ0) is 24.4. The summed E-state index contributed by atoms with van der Waals surface area (Å²) >= 11 is 0. The van der Waals surface area contributed by atoms with Gasteiger partial charge in [0.05, 0.1) is 11.4 Å². The Bertz CT molecular complexity index is 974. The number of pyridine rings is 2. The molecule has 0 saturated heterocycles. The van der Waals surface area contributed by atoms with E-state index in [9.17, 15) is 0 Å². The minimum absolute atomic E-state index is 0.452. The van der Waals surface area contributed by atoms with Gasteiger partial charge in [0, 0.05) is 50.7 Å². The molecular weight excluding hydrogens is 440 g/mol. The first-order chi connectivity index (χ1) is 17.8.